The minimum absolute atomic E-state index is 0.264. The van der Waals surface area contributed by atoms with Crippen molar-refractivity contribution in [3.05, 3.63) is 93.7 Å². The van der Waals surface area contributed by atoms with E-state index in [2.05, 4.69) is 5.32 Å². The summed E-state index contributed by atoms with van der Waals surface area (Å²) in [4.78, 5) is 0. The maximum Gasteiger partial charge on any atom is 0.138 e. The monoisotopic (exact) mass is 375 g/mol. The molecule has 3 aromatic carbocycles. The highest BCUT2D eigenvalue weighted by atomic mass is 35.5. The first-order chi connectivity index (χ1) is 12.1. The summed E-state index contributed by atoms with van der Waals surface area (Å²) in [7, 11) is 0. The van der Waals surface area contributed by atoms with Gasteiger partial charge in [0.15, 0.2) is 0 Å². The van der Waals surface area contributed by atoms with Crippen LogP contribution in [0.4, 0.5) is 10.1 Å². The van der Waals surface area contributed by atoms with E-state index in [1.807, 2.05) is 42.5 Å². The number of ether oxygens (including phenoxy) is 1. The van der Waals surface area contributed by atoms with Gasteiger partial charge in [-0.15, -0.1) is 0 Å². The predicted molar refractivity (Wildman–Crippen MR) is 101 cm³/mol. The first kappa shape index (κ1) is 17.6. The molecule has 0 aliphatic heterocycles. The Bertz CT molecular complexity index is 853. The van der Waals surface area contributed by atoms with Crippen molar-refractivity contribution in [3.63, 3.8) is 0 Å². The van der Waals surface area contributed by atoms with Gasteiger partial charge in [0.05, 0.1) is 5.02 Å². The molecule has 0 fully saturated rings. The van der Waals surface area contributed by atoms with Gasteiger partial charge in [-0.05, 0) is 59.7 Å². The van der Waals surface area contributed by atoms with Crippen LogP contribution in [0.5, 0.6) is 5.75 Å². The van der Waals surface area contributed by atoms with E-state index in [0.717, 1.165) is 16.8 Å². The third-order valence-electron chi connectivity index (χ3n) is 3.62. The summed E-state index contributed by atoms with van der Waals surface area (Å²) < 4.78 is 18.9. The number of hydrogen-bond acceptors (Lipinski definition) is 2. The lowest BCUT2D eigenvalue weighted by atomic mass is 10.2. The molecule has 0 saturated carbocycles. The minimum atomic E-state index is -0.282. The van der Waals surface area contributed by atoms with E-state index in [0.29, 0.717) is 22.3 Å². The van der Waals surface area contributed by atoms with Crippen LogP contribution >= 0.6 is 23.2 Å². The molecule has 0 aliphatic carbocycles. The Balaban J connectivity index is 1.59. The van der Waals surface area contributed by atoms with Gasteiger partial charge in [0.2, 0.25) is 0 Å². The molecule has 3 aromatic rings. The number of halogens is 3. The average molecular weight is 376 g/mol. The van der Waals surface area contributed by atoms with Crippen LogP contribution in [0, 0.1) is 5.82 Å². The molecule has 0 radical (unpaired) electrons. The molecule has 5 heteroatoms. The molecule has 2 nitrogen and oxygen atoms in total. The van der Waals surface area contributed by atoms with E-state index >= 15 is 0 Å². The quantitative estimate of drug-likeness (QED) is 0.543. The molecule has 0 aliphatic rings. The number of benzene rings is 3. The summed E-state index contributed by atoms with van der Waals surface area (Å²) in [6.45, 7) is 0.894. The predicted octanol–water partition coefficient (Wildman–Crippen LogP) is 6.32. The van der Waals surface area contributed by atoms with Gasteiger partial charge >= 0.3 is 0 Å². The highest BCUT2D eigenvalue weighted by molar-refractivity contribution is 6.32. The van der Waals surface area contributed by atoms with Gasteiger partial charge in [-0.25, -0.2) is 4.39 Å². The lowest BCUT2D eigenvalue weighted by molar-refractivity contribution is 0.305. The van der Waals surface area contributed by atoms with Gasteiger partial charge in [0.25, 0.3) is 0 Å². The summed E-state index contributed by atoms with van der Waals surface area (Å²) in [5, 5.41) is 4.52. The lowest BCUT2D eigenvalue weighted by Crippen LogP contribution is -2.00. The lowest BCUT2D eigenvalue weighted by Gasteiger charge is -2.11. The molecule has 1 N–H and O–H groups in total. The Morgan fingerprint density at radius 3 is 2.40 bits per heavy atom. The molecule has 0 atom stereocenters. The van der Waals surface area contributed by atoms with Crippen molar-refractivity contribution in [3.8, 4) is 5.75 Å². The molecule has 0 unspecified atom stereocenters. The molecule has 0 heterocycles. The van der Waals surface area contributed by atoms with Crippen LogP contribution < -0.4 is 10.1 Å². The normalized spacial score (nSPS) is 10.5. The highest BCUT2D eigenvalue weighted by Crippen LogP contribution is 2.27. The number of anilines is 1. The first-order valence-corrected chi connectivity index (χ1v) is 8.51. The Morgan fingerprint density at radius 2 is 1.68 bits per heavy atom. The largest absolute Gasteiger partial charge is 0.487 e. The molecule has 0 saturated heterocycles. The Hall–Kier alpha value is -2.23. The van der Waals surface area contributed by atoms with Gasteiger partial charge in [0.1, 0.15) is 18.2 Å². The second kappa shape index (κ2) is 8.24. The fourth-order valence-corrected chi connectivity index (χ4v) is 2.71. The molecule has 3 rings (SSSR count). The maximum atomic E-state index is 13.2. The van der Waals surface area contributed by atoms with Crippen molar-refractivity contribution in [1.29, 1.82) is 0 Å². The number of rotatable bonds is 6. The van der Waals surface area contributed by atoms with E-state index in [1.54, 1.807) is 12.1 Å². The fourth-order valence-electron chi connectivity index (χ4n) is 2.33. The van der Waals surface area contributed by atoms with E-state index in [4.69, 9.17) is 27.9 Å². The van der Waals surface area contributed by atoms with Crippen LogP contribution in [0.3, 0.4) is 0 Å². The van der Waals surface area contributed by atoms with E-state index < -0.39 is 0 Å². The number of nitrogens with one attached hydrogen (secondary N) is 1. The second-order valence-electron chi connectivity index (χ2n) is 5.54. The minimum Gasteiger partial charge on any atom is -0.487 e. The van der Waals surface area contributed by atoms with Crippen molar-refractivity contribution in [2.75, 3.05) is 5.32 Å². The van der Waals surface area contributed by atoms with Crippen molar-refractivity contribution < 1.29 is 9.13 Å². The smallest absolute Gasteiger partial charge is 0.138 e. The van der Waals surface area contributed by atoms with E-state index in [9.17, 15) is 4.39 Å². The third kappa shape index (κ3) is 5.12. The van der Waals surface area contributed by atoms with Gasteiger partial charge in [-0.1, -0.05) is 41.4 Å². The molecule has 128 valence electrons. The summed E-state index contributed by atoms with van der Waals surface area (Å²) in [6, 6.07) is 19.4. The molecule has 0 bridgehead atoms. The van der Waals surface area contributed by atoms with Gasteiger partial charge in [0, 0.05) is 17.3 Å². The third-order valence-corrected chi connectivity index (χ3v) is 4.17. The van der Waals surface area contributed by atoms with E-state index in [1.165, 1.54) is 12.1 Å². The van der Waals surface area contributed by atoms with Crippen molar-refractivity contribution in [2.24, 2.45) is 0 Å². The molecular weight excluding hydrogens is 360 g/mol. The zero-order valence-electron chi connectivity index (χ0n) is 13.3. The maximum absolute atomic E-state index is 13.2. The van der Waals surface area contributed by atoms with Crippen molar-refractivity contribution in [2.45, 2.75) is 13.2 Å². The standard InChI is InChI=1S/C20H16Cl2FNO/c21-16-5-7-18(8-6-16)24-12-14-4-9-20(19(22)11-14)25-13-15-2-1-3-17(23)10-15/h1-11,24H,12-13H2. The van der Waals surface area contributed by atoms with Crippen LogP contribution in [0.25, 0.3) is 0 Å². The summed E-state index contributed by atoms with van der Waals surface area (Å²) in [5.74, 6) is 0.289. The van der Waals surface area contributed by atoms with Crippen molar-refractivity contribution >= 4 is 28.9 Å². The van der Waals surface area contributed by atoms with Crippen LogP contribution in [0.15, 0.2) is 66.7 Å². The molecule has 25 heavy (non-hydrogen) atoms. The molecule has 0 amide bonds. The zero-order chi connectivity index (χ0) is 17.6. The van der Waals surface area contributed by atoms with Gasteiger partial charge in [-0.3, -0.25) is 0 Å². The SMILES string of the molecule is Fc1cccc(COc2ccc(CNc3ccc(Cl)cc3)cc2Cl)c1. The van der Waals surface area contributed by atoms with Crippen LogP contribution in [-0.2, 0) is 13.2 Å². The topological polar surface area (TPSA) is 21.3 Å². The van der Waals surface area contributed by atoms with Crippen LogP contribution in [0.1, 0.15) is 11.1 Å². The second-order valence-corrected chi connectivity index (χ2v) is 6.39. The summed E-state index contributed by atoms with van der Waals surface area (Å²) >= 11 is 12.2. The summed E-state index contributed by atoms with van der Waals surface area (Å²) in [5.41, 5.74) is 2.76. The summed E-state index contributed by atoms with van der Waals surface area (Å²) in [6.07, 6.45) is 0. The van der Waals surface area contributed by atoms with Gasteiger partial charge in [-0.2, -0.15) is 0 Å². The van der Waals surface area contributed by atoms with Gasteiger partial charge < -0.3 is 10.1 Å². The Morgan fingerprint density at radius 1 is 0.880 bits per heavy atom. The number of hydrogen-bond donors (Lipinski definition) is 1. The van der Waals surface area contributed by atoms with Crippen LogP contribution in [-0.4, -0.2) is 0 Å². The molecule has 0 aromatic heterocycles. The average Bonchev–Trinajstić information content (AvgIpc) is 2.60. The zero-order valence-corrected chi connectivity index (χ0v) is 14.8. The van der Waals surface area contributed by atoms with Crippen LogP contribution in [0.2, 0.25) is 10.0 Å². The molecular formula is C20H16Cl2FNO. The van der Waals surface area contributed by atoms with Crippen molar-refractivity contribution in [1.82, 2.24) is 0 Å². The molecule has 0 spiro atoms. The first-order valence-electron chi connectivity index (χ1n) is 7.75. The Labute approximate surface area is 156 Å². The fraction of sp³-hybridized carbons (Fsp3) is 0.100. The highest BCUT2D eigenvalue weighted by Gasteiger charge is 2.05. The Kier molecular flexibility index (Phi) is 5.79. The van der Waals surface area contributed by atoms with E-state index in [-0.39, 0.29) is 12.4 Å².